The Balaban J connectivity index is 1.71. The summed E-state index contributed by atoms with van der Waals surface area (Å²) in [6.45, 7) is 0.0328. The molecule has 0 saturated carbocycles. The van der Waals surface area contributed by atoms with Crippen molar-refractivity contribution in [1.29, 1.82) is 0 Å². The largest absolute Gasteiger partial charge is 0.487 e. The number of anilines is 1. The van der Waals surface area contributed by atoms with Crippen LogP contribution in [-0.4, -0.2) is 17.8 Å². The molecule has 1 aliphatic rings. The van der Waals surface area contributed by atoms with Gasteiger partial charge < -0.3 is 4.74 Å². The first-order valence-electron chi connectivity index (χ1n) is 9.76. The van der Waals surface area contributed by atoms with Crippen molar-refractivity contribution in [3.8, 4) is 5.75 Å². The van der Waals surface area contributed by atoms with Crippen LogP contribution in [-0.2, 0) is 16.2 Å². The van der Waals surface area contributed by atoms with E-state index in [4.69, 9.17) is 39.5 Å². The third kappa shape index (κ3) is 5.07. The first kappa shape index (κ1) is 23.8. The van der Waals surface area contributed by atoms with Crippen LogP contribution in [0.25, 0.3) is 6.08 Å². The van der Waals surface area contributed by atoms with Crippen molar-refractivity contribution < 1.29 is 23.5 Å². The topological polar surface area (TPSA) is 75.7 Å². The quantitative estimate of drug-likeness (QED) is 0.330. The van der Waals surface area contributed by atoms with Crippen LogP contribution in [0, 0.1) is 5.82 Å². The number of hydrogen-bond acceptors (Lipinski definition) is 4. The zero-order valence-corrected chi connectivity index (χ0v) is 19.4. The van der Waals surface area contributed by atoms with E-state index in [1.807, 2.05) is 0 Å². The summed E-state index contributed by atoms with van der Waals surface area (Å²) < 4.78 is 19.0. The maximum absolute atomic E-state index is 13.2. The van der Waals surface area contributed by atoms with E-state index in [-0.39, 0.29) is 45.0 Å². The molecule has 10 heteroatoms. The fourth-order valence-electron chi connectivity index (χ4n) is 3.24. The molecule has 1 heterocycles. The van der Waals surface area contributed by atoms with E-state index in [1.165, 1.54) is 42.5 Å². The molecular formula is C24H14Cl3FN2O4. The van der Waals surface area contributed by atoms with Gasteiger partial charge in [-0.05, 0) is 54.1 Å². The average Bonchev–Trinajstić information content (AvgIpc) is 2.77. The van der Waals surface area contributed by atoms with Crippen molar-refractivity contribution in [1.82, 2.24) is 5.32 Å². The van der Waals surface area contributed by atoms with Gasteiger partial charge in [0, 0.05) is 15.6 Å². The molecule has 1 N–H and O–H groups in total. The summed E-state index contributed by atoms with van der Waals surface area (Å²) in [4.78, 5) is 38.9. The Bertz CT molecular complexity index is 1340. The average molecular weight is 520 g/mol. The van der Waals surface area contributed by atoms with E-state index in [1.54, 1.807) is 24.3 Å². The monoisotopic (exact) mass is 518 g/mol. The number of barbiturate groups is 1. The second-order valence-corrected chi connectivity index (χ2v) is 8.44. The maximum Gasteiger partial charge on any atom is 0.335 e. The third-order valence-corrected chi connectivity index (χ3v) is 5.54. The molecule has 6 nitrogen and oxygen atoms in total. The number of halogens is 4. The summed E-state index contributed by atoms with van der Waals surface area (Å²) in [6, 6.07) is 13.7. The van der Waals surface area contributed by atoms with E-state index in [0.29, 0.717) is 10.6 Å². The van der Waals surface area contributed by atoms with Crippen LogP contribution in [0.4, 0.5) is 14.9 Å². The minimum absolute atomic E-state index is 0.0328. The molecule has 34 heavy (non-hydrogen) atoms. The zero-order chi connectivity index (χ0) is 24.4. The van der Waals surface area contributed by atoms with Gasteiger partial charge in [0.15, 0.2) is 0 Å². The second-order valence-electron chi connectivity index (χ2n) is 7.16. The molecule has 0 aliphatic carbocycles. The molecule has 1 saturated heterocycles. The zero-order valence-electron chi connectivity index (χ0n) is 17.2. The van der Waals surface area contributed by atoms with E-state index in [9.17, 15) is 18.8 Å². The molecule has 0 bridgehead atoms. The maximum atomic E-state index is 13.2. The van der Waals surface area contributed by atoms with Crippen molar-refractivity contribution in [2.24, 2.45) is 0 Å². The predicted octanol–water partition coefficient (Wildman–Crippen LogP) is 6.03. The Labute approximate surface area is 208 Å². The van der Waals surface area contributed by atoms with Crippen LogP contribution >= 0.6 is 34.8 Å². The molecule has 0 spiro atoms. The molecule has 3 aromatic carbocycles. The molecule has 1 aliphatic heterocycles. The molecule has 0 atom stereocenters. The number of nitrogens with zero attached hydrogens (tertiary/aromatic N) is 1. The number of imide groups is 2. The van der Waals surface area contributed by atoms with Gasteiger partial charge in [0.1, 0.15) is 23.7 Å². The minimum atomic E-state index is -0.911. The first-order valence-corrected chi connectivity index (χ1v) is 10.9. The number of carbonyl (C=O) groups excluding carboxylic acids is 3. The Morgan fingerprint density at radius 1 is 0.941 bits per heavy atom. The smallest absolute Gasteiger partial charge is 0.335 e. The second kappa shape index (κ2) is 9.85. The lowest BCUT2D eigenvalue weighted by atomic mass is 10.1. The highest BCUT2D eigenvalue weighted by molar-refractivity contribution is 6.40. The van der Waals surface area contributed by atoms with Crippen molar-refractivity contribution >= 4 is 64.4 Å². The van der Waals surface area contributed by atoms with E-state index < -0.39 is 17.8 Å². The number of hydrogen-bond donors (Lipinski definition) is 1. The number of rotatable bonds is 5. The third-order valence-electron chi connectivity index (χ3n) is 4.80. The SMILES string of the molecule is O=C1NC(=O)N(c2cccc(Cl)c2)C(=O)/C1=C/c1cc(Cl)cc(Cl)c1OCc1ccc(F)cc1. The van der Waals surface area contributed by atoms with Gasteiger partial charge in [0.05, 0.1) is 10.7 Å². The highest BCUT2D eigenvalue weighted by Gasteiger charge is 2.37. The molecule has 1 fully saturated rings. The molecule has 4 rings (SSSR count). The summed E-state index contributed by atoms with van der Waals surface area (Å²) >= 11 is 18.4. The number of amides is 4. The lowest BCUT2D eigenvalue weighted by Crippen LogP contribution is -2.54. The number of urea groups is 1. The van der Waals surface area contributed by atoms with Crippen molar-refractivity contribution in [3.63, 3.8) is 0 Å². The van der Waals surface area contributed by atoms with Gasteiger partial charge in [-0.1, -0.05) is 53.0 Å². The van der Waals surface area contributed by atoms with Gasteiger partial charge in [0.2, 0.25) is 0 Å². The van der Waals surface area contributed by atoms with Gasteiger partial charge in [-0.3, -0.25) is 14.9 Å². The fourth-order valence-corrected chi connectivity index (χ4v) is 3.99. The molecule has 3 aromatic rings. The van der Waals surface area contributed by atoms with Crippen molar-refractivity contribution in [2.75, 3.05) is 4.90 Å². The normalized spacial score (nSPS) is 15.0. The summed E-state index contributed by atoms with van der Waals surface area (Å²) in [5.41, 5.74) is 0.739. The number of ether oxygens (including phenoxy) is 1. The van der Waals surface area contributed by atoms with Gasteiger partial charge in [-0.2, -0.15) is 0 Å². The number of benzene rings is 3. The molecule has 0 aromatic heterocycles. The van der Waals surface area contributed by atoms with Crippen LogP contribution in [0.3, 0.4) is 0 Å². The van der Waals surface area contributed by atoms with Crippen LogP contribution in [0.5, 0.6) is 5.75 Å². The lowest BCUT2D eigenvalue weighted by molar-refractivity contribution is -0.122. The van der Waals surface area contributed by atoms with Gasteiger partial charge >= 0.3 is 6.03 Å². The van der Waals surface area contributed by atoms with Crippen molar-refractivity contribution in [2.45, 2.75) is 6.61 Å². The van der Waals surface area contributed by atoms with Crippen LogP contribution < -0.4 is 15.0 Å². The van der Waals surface area contributed by atoms with Crippen LogP contribution in [0.15, 0.2) is 66.2 Å². The minimum Gasteiger partial charge on any atom is -0.487 e. The lowest BCUT2D eigenvalue weighted by Gasteiger charge is -2.26. The standard InChI is InChI=1S/C24H14Cl3FN2O4/c25-15-2-1-3-18(10-15)30-23(32)19(22(31)29-24(30)33)9-14-8-16(26)11-20(27)21(14)34-12-13-4-6-17(28)7-5-13/h1-11H,12H2,(H,29,31,33)/b19-9+. The predicted molar refractivity (Wildman–Crippen MR) is 128 cm³/mol. The van der Waals surface area contributed by atoms with E-state index in [2.05, 4.69) is 5.32 Å². The Morgan fingerprint density at radius 2 is 1.68 bits per heavy atom. The van der Waals surface area contributed by atoms with E-state index >= 15 is 0 Å². The molecule has 172 valence electrons. The Hall–Kier alpha value is -3.39. The van der Waals surface area contributed by atoms with Crippen LogP contribution in [0.2, 0.25) is 15.1 Å². The number of carbonyl (C=O) groups is 3. The summed E-state index contributed by atoms with van der Waals surface area (Å²) in [6.07, 6.45) is 1.24. The molecule has 0 unspecified atom stereocenters. The van der Waals surface area contributed by atoms with Crippen molar-refractivity contribution in [3.05, 3.63) is 98.2 Å². The highest BCUT2D eigenvalue weighted by atomic mass is 35.5. The van der Waals surface area contributed by atoms with Crippen LogP contribution in [0.1, 0.15) is 11.1 Å². The van der Waals surface area contributed by atoms with Gasteiger partial charge in [-0.15, -0.1) is 0 Å². The Kier molecular flexibility index (Phi) is 6.88. The van der Waals surface area contributed by atoms with Gasteiger partial charge in [-0.25, -0.2) is 14.1 Å². The summed E-state index contributed by atoms with van der Waals surface area (Å²) in [7, 11) is 0. The summed E-state index contributed by atoms with van der Waals surface area (Å²) in [5, 5.41) is 2.80. The first-order chi connectivity index (χ1) is 16.2. The Morgan fingerprint density at radius 3 is 2.38 bits per heavy atom. The number of nitrogens with one attached hydrogen (secondary N) is 1. The van der Waals surface area contributed by atoms with Gasteiger partial charge in [0.25, 0.3) is 11.8 Å². The molecular weight excluding hydrogens is 506 g/mol. The van der Waals surface area contributed by atoms with E-state index in [0.717, 1.165) is 4.90 Å². The highest BCUT2D eigenvalue weighted by Crippen LogP contribution is 2.35. The molecule has 0 radical (unpaired) electrons. The summed E-state index contributed by atoms with van der Waals surface area (Å²) in [5.74, 6) is -2.00. The fraction of sp³-hybridized carbons (Fsp3) is 0.0417. The molecule has 4 amide bonds.